The first-order valence-corrected chi connectivity index (χ1v) is 7.69. The Hall–Kier alpha value is -2.55. The molecule has 0 amide bonds. The average Bonchev–Trinajstić information content (AvgIpc) is 2.61. The number of hydrogen-bond donors (Lipinski definition) is 0. The number of hydrogen-bond acceptors (Lipinski definition) is 3. The minimum Gasteiger partial charge on any atom is -0.489 e. The van der Waals surface area contributed by atoms with Crippen molar-refractivity contribution in [1.82, 2.24) is 0 Å². The highest BCUT2D eigenvalue weighted by molar-refractivity contribution is 5.70. The van der Waals surface area contributed by atoms with E-state index in [0.717, 1.165) is 16.9 Å². The number of carbonyl (C=O) groups is 1. The summed E-state index contributed by atoms with van der Waals surface area (Å²) in [5.41, 5.74) is 2.20. The van der Waals surface area contributed by atoms with Crippen LogP contribution in [-0.2, 0) is 16.1 Å². The van der Waals surface area contributed by atoms with Gasteiger partial charge in [0.15, 0.2) is 0 Å². The molecule has 0 aliphatic rings. The Bertz CT molecular complexity index is 630. The summed E-state index contributed by atoms with van der Waals surface area (Å²) >= 11 is 0. The van der Waals surface area contributed by atoms with Gasteiger partial charge in [-0.2, -0.15) is 0 Å². The fourth-order valence-electron chi connectivity index (χ4n) is 2.34. The zero-order valence-corrected chi connectivity index (χ0v) is 13.6. The van der Waals surface area contributed by atoms with Crippen molar-refractivity contribution in [2.75, 3.05) is 7.11 Å². The summed E-state index contributed by atoms with van der Waals surface area (Å²) in [6.07, 6.45) is 4.30. The first kappa shape index (κ1) is 16.8. The van der Waals surface area contributed by atoms with Crippen molar-refractivity contribution >= 4 is 5.97 Å². The van der Waals surface area contributed by atoms with Gasteiger partial charge in [0.05, 0.1) is 13.5 Å². The fourth-order valence-corrected chi connectivity index (χ4v) is 2.34. The minimum atomic E-state index is -0.211. The zero-order chi connectivity index (χ0) is 16.5. The largest absolute Gasteiger partial charge is 0.489 e. The Kier molecular flexibility index (Phi) is 6.42. The molecule has 0 spiro atoms. The molecular weight excluding hydrogens is 288 g/mol. The lowest BCUT2D eigenvalue weighted by Crippen LogP contribution is -2.07. The summed E-state index contributed by atoms with van der Waals surface area (Å²) in [6, 6.07) is 17.9. The van der Waals surface area contributed by atoms with Crippen LogP contribution >= 0.6 is 0 Å². The topological polar surface area (TPSA) is 35.5 Å². The molecule has 0 aromatic heterocycles. The zero-order valence-electron chi connectivity index (χ0n) is 13.6. The predicted molar refractivity (Wildman–Crippen MR) is 91.4 cm³/mol. The van der Waals surface area contributed by atoms with Gasteiger partial charge < -0.3 is 9.47 Å². The van der Waals surface area contributed by atoms with Crippen molar-refractivity contribution in [2.45, 2.75) is 25.9 Å². The van der Waals surface area contributed by atoms with Crippen molar-refractivity contribution in [3.63, 3.8) is 0 Å². The summed E-state index contributed by atoms with van der Waals surface area (Å²) in [7, 11) is 1.41. The quantitative estimate of drug-likeness (QED) is 0.558. The van der Waals surface area contributed by atoms with Gasteiger partial charge >= 0.3 is 5.97 Å². The molecule has 2 aromatic carbocycles. The van der Waals surface area contributed by atoms with Crippen LogP contribution in [0.15, 0.2) is 66.7 Å². The van der Waals surface area contributed by atoms with Crippen LogP contribution in [0, 0.1) is 0 Å². The monoisotopic (exact) mass is 310 g/mol. The van der Waals surface area contributed by atoms with Crippen LogP contribution in [0.4, 0.5) is 0 Å². The van der Waals surface area contributed by atoms with Crippen LogP contribution in [0.3, 0.4) is 0 Å². The molecule has 0 saturated heterocycles. The molecule has 23 heavy (non-hydrogen) atoms. The second-order valence-corrected chi connectivity index (χ2v) is 5.26. The number of allylic oxidation sites excluding steroid dienone is 2. The standard InChI is InChI=1S/C20H22O3/c1-3-7-18(14-20(21)22-2)17-10-12-19(13-11-17)23-15-16-8-5-4-6-9-16/h3-13,18H,14-15H2,1-2H3/t18-/m0/s1. The Morgan fingerprint density at radius 1 is 1.09 bits per heavy atom. The van der Waals surface area contributed by atoms with Gasteiger partial charge in [0, 0.05) is 5.92 Å². The van der Waals surface area contributed by atoms with E-state index in [0.29, 0.717) is 13.0 Å². The van der Waals surface area contributed by atoms with Gasteiger partial charge in [-0.3, -0.25) is 4.79 Å². The van der Waals surface area contributed by atoms with Crippen molar-refractivity contribution in [1.29, 1.82) is 0 Å². The van der Waals surface area contributed by atoms with Gasteiger partial charge in [-0.15, -0.1) is 0 Å². The molecule has 0 saturated carbocycles. The molecular formula is C20H22O3. The normalized spacial score (nSPS) is 12.1. The van der Waals surface area contributed by atoms with Gasteiger partial charge in [-0.25, -0.2) is 0 Å². The van der Waals surface area contributed by atoms with E-state index in [1.807, 2.05) is 73.7 Å². The molecule has 0 radical (unpaired) electrons. The van der Waals surface area contributed by atoms with Crippen LogP contribution in [0.5, 0.6) is 5.75 Å². The molecule has 0 heterocycles. The van der Waals surface area contributed by atoms with E-state index < -0.39 is 0 Å². The number of benzene rings is 2. The molecule has 0 unspecified atom stereocenters. The second-order valence-electron chi connectivity index (χ2n) is 5.26. The summed E-state index contributed by atoms with van der Waals surface area (Å²) in [6.45, 7) is 2.49. The molecule has 0 bridgehead atoms. The van der Waals surface area contributed by atoms with Crippen LogP contribution in [-0.4, -0.2) is 13.1 Å². The Labute approximate surface area is 137 Å². The maximum atomic E-state index is 11.5. The smallest absolute Gasteiger partial charge is 0.306 e. The summed E-state index contributed by atoms with van der Waals surface area (Å²) < 4.78 is 10.5. The maximum Gasteiger partial charge on any atom is 0.306 e. The number of ether oxygens (including phenoxy) is 2. The van der Waals surface area contributed by atoms with E-state index in [1.54, 1.807) is 0 Å². The maximum absolute atomic E-state index is 11.5. The molecule has 0 aliphatic heterocycles. The van der Waals surface area contributed by atoms with Gasteiger partial charge in [0.1, 0.15) is 12.4 Å². The highest BCUT2D eigenvalue weighted by Gasteiger charge is 2.13. The lowest BCUT2D eigenvalue weighted by atomic mass is 9.95. The predicted octanol–water partition coefficient (Wildman–Crippen LogP) is 4.49. The van der Waals surface area contributed by atoms with Crippen molar-refractivity contribution in [2.24, 2.45) is 0 Å². The third-order valence-corrected chi connectivity index (χ3v) is 3.60. The van der Waals surface area contributed by atoms with E-state index >= 15 is 0 Å². The van der Waals surface area contributed by atoms with Crippen molar-refractivity contribution in [3.8, 4) is 5.75 Å². The Balaban J connectivity index is 2.00. The lowest BCUT2D eigenvalue weighted by molar-refractivity contribution is -0.140. The highest BCUT2D eigenvalue weighted by atomic mass is 16.5. The molecule has 3 nitrogen and oxygen atoms in total. The molecule has 3 heteroatoms. The third-order valence-electron chi connectivity index (χ3n) is 3.60. The first-order chi connectivity index (χ1) is 11.2. The van der Waals surface area contributed by atoms with Gasteiger partial charge in [-0.1, -0.05) is 54.6 Å². The van der Waals surface area contributed by atoms with Crippen LogP contribution in [0.2, 0.25) is 0 Å². The molecule has 2 rings (SSSR count). The average molecular weight is 310 g/mol. The number of methoxy groups -OCH3 is 1. The van der Waals surface area contributed by atoms with Crippen molar-refractivity contribution < 1.29 is 14.3 Å². The lowest BCUT2D eigenvalue weighted by Gasteiger charge is -2.13. The van der Waals surface area contributed by atoms with E-state index in [2.05, 4.69) is 0 Å². The fraction of sp³-hybridized carbons (Fsp3) is 0.250. The summed E-state index contributed by atoms with van der Waals surface area (Å²) in [5.74, 6) is 0.628. The van der Waals surface area contributed by atoms with Crippen LogP contribution in [0.25, 0.3) is 0 Å². The first-order valence-electron chi connectivity index (χ1n) is 7.69. The van der Waals surface area contributed by atoms with Crippen molar-refractivity contribution in [3.05, 3.63) is 77.9 Å². The molecule has 2 aromatic rings. The van der Waals surface area contributed by atoms with Gasteiger partial charge in [0.25, 0.3) is 0 Å². The van der Waals surface area contributed by atoms with E-state index in [-0.39, 0.29) is 11.9 Å². The molecule has 1 atom stereocenters. The van der Waals surface area contributed by atoms with Crippen LogP contribution in [0.1, 0.15) is 30.4 Å². The second kappa shape index (κ2) is 8.79. The summed E-state index contributed by atoms with van der Waals surface area (Å²) in [4.78, 5) is 11.5. The van der Waals surface area contributed by atoms with Gasteiger partial charge in [0.2, 0.25) is 0 Å². The Morgan fingerprint density at radius 3 is 2.39 bits per heavy atom. The number of carbonyl (C=O) groups excluding carboxylic acids is 1. The third kappa shape index (κ3) is 5.29. The van der Waals surface area contributed by atoms with Gasteiger partial charge in [-0.05, 0) is 30.2 Å². The Morgan fingerprint density at radius 2 is 1.78 bits per heavy atom. The molecule has 0 aliphatic carbocycles. The number of rotatable bonds is 7. The number of esters is 1. The van der Waals surface area contributed by atoms with Crippen LogP contribution < -0.4 is 4.74 Å². The highest BCUT2D eigenvalue weighted by Crippen LogP contribution is 2.24. The van der Waals surface area contributed by atoms with E-state index in [9.17, 15) is 4.79 Å². The molecule has 0 fully saturated rings. The molecule has 0 N–H and O–H groups in total. The van der Waals surface area contributed by atoms with E-state index in [4.69, 9.17) is 9.47 Å². The van der Waals surface area contributed by atoms with E-state index in [1.165, 1.54) is 7.11 Å². The summed E-state index contributed by atoms with van der Waals surface area (Å²) in [5, 5.41) is 0. The minimum absolute atomic E-state index is 0.0237. The molecule has 120 valence electrons. The SMILES string of the molecule is CC=C[C@@H](CC(=O)OC)c1ccc(OCc2ccccc2)cc1.